The highest BCUT2D eigenvalue weighted by atomic mass is 28.3. The van der Waals surface area contributed by atoms with Crippen molar-refractivity contribution in [3.8, 4) is 11.3 Å². The van der Waals surface area contributed by atoms with E-state index in [-0.39, 0.29) is 0 Å². The van der Waals surface area contributed by atoms with Crippen molar-refractivity contribution < 1.29 is 0 Å². The quantitative estimate of drug-likeness (QED) is 0.631. The molecule has 2 aromatic carbocycles. The van der Waals surface area contributed by atoms with Crippen molar-refractivity contribution in [1.82, 2.24) is 4.98 Å². The molecule has 0 aliphatic heterocycles. The Morgan fingerprint density at radius 2 is 1.45 bits per heavy atom. The molecule has 1 aromatic heterocycles. The van der Waals surface area contributed by atoms with Crippen LogP contribution in [-0.2, 0) is 0 Å². The fourth-order valence-electron chi connectivity index (χ4n) is 2.37. The molecule has 0 atom stereocenters. The van der Waals surface area contributed by atoms with Gasteiger partial charge >= 0.3 is 0 Å². The molecule has 0 saturated heterocycles. The lowest BCUT2D eigenvalue weighted by molar-refractivity contribution is 1.40. The minimum Gasteiger partial charge on any atom is -0.248 e. The Kier molecular flexibility index (Phi) is 3.18. The number of hydrogen-bond acceptors (Lipinski definition) is 1. The Morgan fingerprint density at radius 1 is 0.750 bits per heavy atom. The molecule has 0 N–H and O–H groups in total. The topological polar surface area (TPSA) is 12.9 Å². The lowest BCUT2D eigenvalue weighted by Crippen LogP contribution is -2.37. The van der Waals surface area contributed by atoms with E-state index in [4.69, 9.17) is 4.98 Å². The summed E-state index contributed by atoms with van der Waals surface area (Å²) in [5.74, 6) is 0. The van der Waals surface area contributed by atoms with Crippen LogP contribution in [0.15, 0.2) is 60.7 Å². The summed E-state index contributed by atoms with van der Waals surface area (Å²) < 4.78 is 0. The van der Waals surface area contributed by atoms with Crippen LogP contribution >= 0.6 is 0 Å². The van der Waals surface area contributed by atoms with Crippen molar-refractivity contribution in [1.29, 1.82) is 0 Å². The third-order valence-electron chi connectivity index (χ3n) is 3.65. The lowest BCUT2D eigenvalue weighted by Gasteiger charge is -2.16. The van der Waals surface area contributed by atoms with Gasteiger partial charge in [0.25, 0.3) is 0 Å². The summed E-state index contributed by atoms with van der Waals surface area (Å²) in [5.41, 5.74) is 3.29. The van der Waals surface area contributed by atoms with Gasteiger partial charge in [-0.05, 0) is 12.1 Å². The molecular formula is C18H19NSi. The number of aromatic nitrogens is 1. The summed E-state index contributed by atoms with van der Waals surface area (Å²) in [7, 11) is -1.22. The van der Waals surface area contributed by atoms with Gasteiger partial charge in [0.1, 0.15) is 0 Å². The molecule has 1 nitrogen and oxygen atoms in total. The Hall–Kier alpha value is -1.93. The average Bonchev–Trinajstić information content (AvgIpc) is 2.46. The average molecular weight is 277 g/mol. The van der Waals surface area contributed by atoms with Crippen LogP contribution in [0.5, 0.6) is 0 Å². The van der Waals surface area contributed by atoms with Crippen molar-refractivity contribution in [2.24, 2.45) is 0 Å². The summed E-state index contributed by atoms with van der Waals surface area (Å²) in [6.45, 7) is 7.11. The van der Waals surface area contributed by atoms with E-state index in [1.807, 2.05) is 12.1 Å². The minimum absolute atomic E-state index is 1.05. The first kappa shape index (κ1) is 13.1. The summed E-state index contributed by atoms with van der Waals surface area (Å²) in [4.78, 5) is 4.75. The highest BCUT2D eigenvalue weighted by Crippen LogP contribution is 2.20. The second kappa shape index (κ2) is 4.87. The van der Waals surface area contributed by atoms with Crippen LogP contribution in [0.25, 0.3) is 22.2 Å². The van der Waals surface area contributed by atoms with Crippen LogP contribution in [0.4, 0.5) is 0 Å². The number of hydrogen-bond donors (Lipinski definition) is 0. The highest BCUT2D eigenvalue weighted by Gasteiger charge is 2.15. The Bertz CT molecular complexity index is 739. The normalized spacial score (nSPS) is 11.8. The van der Waals surface area contributed by atoms with E-state index in [2.05, 4.69) is 68.2 Å². The Labute approximate surface area is 121 Å². The first-order valence-corrected chi connectivity index (χ1v) is 10.5. The molecule has 100 valence electrons. The fourth-order valence-corrected chi connectivity index (χ4v) is 3.53. The van der Waals surface area contributed by atoms with Crippen molar-refractivity contribution in [3.05, 3.63) is 60.7 Å². The van der Waals surface area contributed by atoms with E-state index >= 15 is 0 Å². The highest BCUT2D eigenvalue weighted by molar-refractivity contribution is 6.88. The van der Waals surface area contributed by atoms with Gasteiger partial charge in [-0.1, -0.05) is 73.4 Å². The molecule has 0 radical (unpaired) electrons. The van der Waals surface area contributed by atoms with Gasteiger partial charge in [-0.25, -0.2) is 4.98 Å². The molecule has 0 bridgehead atoms. The molecule has 20 heavy (non-hydrogen) atoms. The SMILES string of the molecule is C[Si](C)(C)c1ccc(-c2ccc3ccccc3n2)cc1. The summed E-state index contributed by atoms with van der Waals surface area (Å²) in [6, 6.07) is 21.4. The maximum atomic E-state index is 4.75. The molecule has 3 aromatic rings. The maximum absolute atomic E-state index is 4.75. The van der Waals surface area contributed by atoms with Crippen LogP contribution in [-0.4, -0.2) is 13.1 Å². The van der Waals surface area contributed by atoms with Crippen LogP contribution in [0, 0.1) is 0 Å². The number of rotatable bonds is 2. The zero-order chi connectivity index (χ0) is 14.2. The fraction of sp³-hybridized carbons (Fsp3) is 0.167. The van der Waals surface area contributed by atoms with Crippen LogP contribution in [0.1, 0.15) is 0 Å². The molecule has 0 unspecified atom stereocenters. The van der Waals surface area contributed by atoms with Crippen LogP contribution in [0.3, 0.4) is 0 Å². The minimum atomic E-state index is -1.22. The second-order valence-corrected chi connectivity index (χ2v) is 11.3. The standard InChI is InChI=1S/C18H19NSi/c1-20(2,3)16-11-8-15(9-12-16)18-13-10-14-6-4-5-7-17(14)19-18/h4-13H,1-3H3. The first-order chi connectivity index (χ1) is 9.54. The van der Waals surface area contributed by atoms with Gasteiger partial charge in [0, 0.05) is 10.9 Å². The smallest absolute Gasteiger partial charge is 0.0775 e. The molecule has 2 heteroatoms. The maximum Gasteiger partial charge on any atom is 0.0775 e. The van der Waals surface area contributed by atoms with Crippen molar-refractivity contribution in [2.45, 2.75) is 19.6 Å². The van der Waals surface area contributed by atoms with E-state index in [9.17, 15) is 0 Å². The predicted octanol–water partition coefficient (Wildman–Crippen LogP) is 4.45. The monoisotopic (exact) mass is 277 g/mol. The van der Waals surface area contributed by atoms with E-state index in [0.717, 1.165) is 11.2 Å². The largest absolute Gasteiger partial charge is 0.248 e. The van der Waals surface area contributed by atoms with Gasteiger partial charge in [-0.3, -0.25) is 0 Å². The van der Waals surface area contributed by atoms with Gasteiger partial charge < -0.3 is 0 Å². The summed E-state index contributed by atoms with van der Waals surface area (Å²) in [5, 5.41) is 2.68. The molecule has 0 amide bonds. The Morgan fingerprint density at radius 3 is 2.15 bits per heavy atom. The van der Waals surface area contributed by atoms with Gasteiger partial charge in [0.2, 0.25) is 0 Å². The number of pyridine rings is 1. The Balaban J connectivity index is 2.02. The number of benzene rings is 2. The second-order valence-electron chi connectivity index (χ2n) is 6.22. The van der Waals surface area contributed by atoms with Crippen LogP contribution in [0.2, 0.25) is 19.6 Å². The molecule has 0 saturated carbocycles. The molecule has 3 rings (SSSR count). The zero-order valence-electron chi connectivity index (χ0n) is 12.2. The third kappa shape index (κ3) is 2.52. The van der Waals surface area contributed by atoms with Gasteiger partial charge in [-0.2, -0.15) is 0 Å². The molecule has 0 spiro atoms. The van der Waals surface area contributed by atoms with Gasteiger partial charge in [0.05, 0.1) is 19.3 Å². The summed E-state index contributed by atoms with van der Waals surface area (Å²) >= 11 is 0. The predicted molar refractivity (Wildman–Crippen MR) is 90.2 cm³/mol. The molecule has 0 fully saturated rings. The first-order valence-electron chi connectivity index (χ1n) is 7.01. The zero-order valence-corrected chi connectivity index (χ0v) is 13.2. The molecule has 0 aliphatic rings. The van der Waals surface area contributed by atoms with Crippen molar-refractivity contribution in [3.63, 3.8) is 0 Å². The van der Waals surface area contributed by atoms with E-state index in [1.54, 1.807) is 0 Å². The van der Waals surface area contributed by atoms with E-state index in [0.29, 0.717) is 0 Å². The lowest BCUT2D eigenvalue weighted by atomic mass is 10.1. The third-order valence-corrected chi connectivity index (χ3v) is 5.71. The molecule has 1 heterocycles. The van der Waals surface area contributed by atoms with Crippen LogP contribution < -0.4 is 5.19 Å². The number of fused-ring (bicyclic) bond motifs is 1. The van der Waals surface area contributed by atoms with Gasteiger partial charge in [0.15, 0.2) is 0 Å². The number of nitrogens with zero attached hydrogens (tertiary/aromatic N) is 1. The molecule has 0 aliphatic carbocycles. The summed E-state index contributed by atoms with van der Waals surface area (Å²) in [6.07, 6.45) is 0. The molecular weight excluding hydrogens is 258 g/mol. The van der Waals surface area contributed by atoms with Gasteiger partial charge in [-0.15, -0.1) is 0 Å². The van der Waals surface area contributed by atoms with E-state index in [1.165, 1.54) is 16.1 Å². The van der Waals surface area contributed by atoms with Crippen molar-refractivity contribution in [2.75, 3.05) is 0 Å². The van der Waals surface area contributed by atoms with Crippen molar-refractivity contribution >= 4 is 24.2 Å². The number of para-hydroxylation sites is 1. The van der Waals surface area contributed by atoms with E-state index < -0.39 is 8.07 Å².